The molecule has 0 atom stereocenters. The van der Waals surface area contributed by atoms with Crippen molar-refractivity contribution < 1.29 is 13.6 Å². The van der Waals surface area contributed by atoms with E-state index in [4.69, 9.17) is 8.83 Å². The maximum Gasteiger partial charge on any atom is 0.284 e. The number of nitrogens with zero attached hydrogens (tertiary/aromatic N) is 2. The molecule has 0 aliphatic carbocycles. The summed E-state index contributed by atoms with van der Waals surface area (Å²) < 4.78 is 10.6. The van der Waals surface area contributed by atoms with Gasteiger partial charge in [0.15, 0.2) is 5.76 Å². The Balaban J connectivity index is 1.49. The molecule has 23 heavy (non-hydrogen) atoms. The molecule has 0 unspecified atom stereocenters. The lowest BCUT2D eigenvalue weighted by Crippen LogP contribution is -2.24. The fourth-order valence-electron chi connectivity index (χ4n) is 1.95. The molecule has 6 nitrogen and oxygen atoms in total. The van der Waals surface area contributed by atoms with E-state index in [9.17, 15) is 4.79 Å². The fourth-order valence-corrected chi connectivity index (χ4v) is 2.54. The van der Waals surface area contributed by atoms with Gasteiger partial charge >= 0.3 is 0 Å². The molecule has 0 aliphatic heterocycles. The van der Waals surface area contributed by atoms with E-state index in [1.807, 2.05) is 31.2 Å². The number of hydrogen-bond acceptors (Lipinski definition) is 6. The van der Waals surface area contributed by atoms with Crippen LogP contribution in [0.15, 0.2) is 56.7 Å². The maximum atomic E-state index is 11.9. The molecule has 3 aromatic rings. The first-order valence-electron chi connectivity index (χ1n) is 7.04. The van der Waals surface area contributed by atoms with Gasteiger partial charge in [-0.25, -0.2) is 0 Å². The molecule has 1 amide bonds. The first-order valence-corrected chi connectivity index (χ1v) is 8.02. The van der Waals surface area contributed by atoms with Gasteiger partial charge in [-0.15, -0.1) is 10.2 Å². The first kappa shape index (κ1) is 15.4. The number of thioether (sulfide) groups is 1. The normalized spacial score (nSPS) is 10.7. The molecule has 1 N–H and O–H groups in total. The van der Waals surface area contributed by atoms with Crippen LogP contribution in [0.5, 0.6) is 0 Å². The van der Waals surface area contributed by atoms with E-state index in [1.54, 1.807) is 12.1 Å². The highest BCUT2D eigenvalue weighted by atomic mass is 32.2. The summed E-state index contributed by atoms with van der Waals surface area (Å²) in [6.45, 7) is 2.53. The Labute approximate surface area is 137 Å². The van der Waals surface area contributed by atoms with Gasteiger partial charge in [-0.3, -0.25) is 4.79 Å². The van der Waals surface area contributed by atoms with Crippen LogP contribution in [0.2, 0.25) is 0 Å². The minimum atomic E-state index is -0.0870. The smallest absolute Gasteiger partial charge is 0.284 e. The van der Waals surface area contributed by atoms with Gasteiger partial charge in [0.25, 0.3) is 11.1 Å². The average Bonchev–Trinajstić information content (AvgIpc) is 3.23. The van der Waals surface area contributed by atoms with Crippen molar-refractivity contribution in [3.8, 4) is 11.7 Å². The minimum absolute atomic E-state index is 0.0870. The Morgan fingerprint density at radius 3 is 2.87 bits per heavy atom. The minimum Gasteiger partial charge on any atom is -0.459 e. The van der Waals surface area contributed by atoms with Crippen LogP contribution in [-0.2, 0) is 11.3 Å². The van der Waals surface area contributed by atoms with Crippen LogP contribution >= 0.6 is 11.8 Å². The largest absolute Gasteiger partial charge is 0.459 e. The maximum absolute atomic E-state index is 11.9. The number of aryl methyl sites for hydroxylation is 1. The fraction of sp³-hybridized carbons (Fsp3) is 0.188. The summed E-state index contributed by atoms with van der Waals surface area (Å²) in [5.41, 5.74) is 2.25. The quantitative estimate of drug-likeness (QED) is 0.700. The molecule has 0 spiro atoms. The topological polar surface area (TPSA) is 81.2 Å². The van der Waals surface area contributed by atoms with Crippen molar-refractivity contribution in [2.24, 2.45) is 0 Å². The summed E-state index contributed by atoms with van der Waals surface area (Å²) in [5, 5.41) is 11.0. The second kappa shape index (κ2) is 7.15. The van der Waals surface area contributed by atoms with Gasteiger partial charge < -0.3 is 14.2 Å². The molecule has 2 aromatic heterocycles. The SMILES string of the molecule is Cc1ccccc1CNC(=O)CSc1nnc(-c2ccco2)o1. The van der Waals surface area contributed by atoms with E-state index in [1.165, 1.54) is 18.0 Å². The van der Waals surface area contributed by atoms with Crippen LogP contribution in [0.1, 0.15) is 11.1 Å². The molecule has 3 rings (SSSR count). The van der Waals surface area contributed by atoms with Crippen LogP contribution in [0.3, 0.4) is 0 Å². The molecule has 2 heterocycles. The molecule has 0 bridgehead atoms. The van der Waals surface area contributed by atoms with Gasteiger partial charge in [0.1, 0.15) is 0 Å². The Bertz CT molecular complexity index is 783. The van der Waals surface area contributed by atoms with Crippen molar-refractivity contribution in [3.05, 3.63) is 53.8 Å². The van der Waals surface area contributed by atoms with Gasteiger partial charge in [0, 0.05) is 6.54 Å². The third kappa shape index (κ3) is 4.01. The predicted molar refractivity (Wildman–Crippen MR) is 85.7 cm³/mol. The highest BCUT2D eigenvalue weighted by molar-refractivity contribution is 7.99. The molecule has 0 aliphatic rings. The number of furan rings is 1. The Kier molecular flexibility index (Phi) is 4.77. The summed E-state index contributed by atoms with van der Waals surface area (Å²) in [5.74, 6) is 0.938. The number of amides is 1. The van der Waals surface area contributed by atoms with Crippen LogP contribution < -0.4 is 5.32 Å². The number of nitrogens with one attached hydrogen (secondary N) is 1. The highest BCUT2D eigenvalue weighted by Gasteiger charge is 2.12. The van der Waals surface area contributed by atoms with Crippen LogP contribution in [-0.4, -0.2) is 21.9 Å². The number of carbonyl (C=O) groups is 1. The van der Waals surface area contributed by atoms with E-state index in [2.05, 4.69) is 15.5 Å². The molecule has 0 saturated heterocycles. The first-order chi connectivity index (χ1) is 11.2. The molecule has 7 heteroatoms. The highest BCUT2D eigenvalue weighted by Crippen LogP contribution is 2.23. The molecule has 0 fully saturated rings. The monoisotopic (exact) mass is 329 g/mol. The summed E-state index contributed by atoms with van der Waals surface area (Å²) in [6.07, 6.45) is 1.53. The summed E-state index contributed by atoms with van der Waals surface area (Å²) in [4.78, 5) is 11.9. The van der Waals surface area contributed by atoms with Gasteiger partial charge in [0.2, 0.25) is 5.91 Å². The second-order valence-electron chi connectivity index (χ2n) is 4.84. The van der Waals surface area contributed by atoms with Gasteiger partial charge in [-0.1, -0.05) is 36.0 Å². The lowest BCUT2D eigenvalue weighted by molar-refractivity contribution is -0.118. The third-order valence-electron chi connectivity index (χ3n) is 3.20. The van der Waals surface area contributed by atoms with Crippen molar-refractivity contribution in [2.75, 3.05) is 5.75 Å². The second-order valence-corrected chi connectivity index (χ2v) is 5.77. The van der Waals surface area contributed by atoms with Crippen molar-refractivity contribution in [1.82, 2.24) is 15.5 Å². The zero-order chi connectivity index (χ0) is 16.1. The van der Waals surface area contributed by atoms with Crippen molar-refractivity contribution >= 4 is 17.7 Å². The Morgan fingerprint density at radius 1 is 1.22 bits per heavy atom. The van der Waals surface area contributed by atoms with Crippen molar-refractivity contribution in [2.45, 2.75) is 18.7 Å². The molecular formula is C16H15N3O3S. The van der Waals surface area contributed by atoms with Gasteiger partial charge in [-0.05, 0) is 30.2 Å². The standard InChI is InChI=1S/C16H15N3O3S/c1-11-5-2-3-6-12(11)9-17-14(20)10-23-16-19-18-15(22-16)13-7-4-8-21-13/h2-8H,9-10H2,1H3,(H,17,20). The van der Waals surface area contributed by atoms with E-state index in [0.717, 1.165) is 11.1 Å². The molecule has 118 valence electrons. The van der Waals surface area contributed by atoms with Gasteiger partial charge in [-0.2, -0.15) is 0 Å². The lowest BCUT2D eigenvalue weighted by Gasteiger charge is -2.06. The number of benzene rings is 1. The number of aromatic nitrogens is 2. The zero-order valence-corrected chi connectivity index (χ0v) is 13.3. The predicted octanol–water partition coefficient (Wildman–Crippen LogP) is 3.05. The molecular weight excluding hydrogens is 314 g/mol. The van der Waals surface area contributed by atoms with E-state index < -0.39 is 0 Å². The number of hydrogen-bond donors (Lipinski definition) is 1. The molecule has 0 radical (unpaired) electrons. The number of rotatable bonds is 6. The molecule has 1 aromatic carbocycles. The summed E-state index contributed by atoms with van der Waals surface area (Å²) in [7, 11) is 0. The Hall–Kier alpha value is -2.54. The van der Waals surface area contributed by atoms with E-state index in [0.29, 0.717) is 23.4 Å². The van der Waals surface area contributed by atoms with E-state index >= 15 is 0 Å². The van der Waals surface area contributed by atoms with Crippen LogP contribution in [0.4, 0.5) is 0 Å². The summed E-state index contributed by atoms with van der Waals surface area (Å²) >= 11 is 1.19. The van der Waals surface area contributed by atoms with Crippen molar-refractivity contribution in [1.29, 1.82) is 0 Å². The van der Waals surface area contributed by atoms with E-state index in [-0.39, 0.29) is 11.7 Å². The van der Waals surface area contributed by atoms with Crippen LogP contribution in [0.25, 0.3) is 11.7 Å². The Morgan fingerprint density at radius 2 is 2.09 bits per heavy atom. The summed E-state index contributed by atoms with van der Waals surface area (Å²) in [6, 6.07) is 11.4. The lowest BCUT2D eigenvalue weighted by atomic mass is 10.1. The zero-order valence-electron chi connectivity index (χ0n) is 12.5. The third-order valence-corrected chi connectivity index (χ3v) is 4.02. The van der Waals surface area contributed by atoms with Gasteiger partial charge in [0.05, 0.1) is 12.0 Å². The number of carbonyl (C=O) groups excluding carboxylic acids is 1. The molecule has 0 saturated carbocycles. The van der Waals surface area contributed by atoms with Crippen LogP contribution in [0, 0.1) is 6.92 Å². The average molecular weight is 329 g/mol. The van der Waals surface area contributed by atoms with Crippen molar-refractivity contribution in [3.63, 3.8) is 0 Å².